The van der Waals surface area contributed by atoms with Gasteiger partial charge in [-0.3, -0.25) is 19.3 Å². The lowest BCUT2D eigenvalue weighted by Gasteiger charge is -2.31. The standard InChI is InChI=1S/C15H17NO6/c1-21-8-15(9-22-2,14(19)20)7-16-12(17)10-5-3-4-6-11(10)13(16)18/h3-6H,7-9H2,1-2H3,(H,19,20). The second kappa shape index (κ2) is 6.25. The Labute approximate surface area is 127 Å². The molecular weight excluding hydrogens is 290 g/mol. The van der Waals surface area contributed by atoms with Crippen LogP contribution >= 0.6 is 0 Å². The molecule has 0 unspecified atom stereocenters. The monoisotopic (exact) mass is 307 g/mol. The topological polar surface area (TPSA) is 93.1 Å². The molecule has 0 bridgehead atoms. The van der Waals surface area contributed by atoms with E-state index in [0.29, 0.717) is 0 Å². The van der Waals surface area contributed by atoms with Gasteiger partial charge in [-0.15, -0.1) is 0 Å². The van der Waals surface area contributed by atoms with Crippen LogP contribution < -0.4 is 0 Å². The summed E-state index contributed by atoms with van der Waals surface area (Å²) in [6, 6.07) is 6.40. The van der Waals surface area contributed by atoms with Crippen LogP contribution in [0.25, 0.3) is 0 Å². The summed E-state index contributed by atoms with van der Waals surface area (Å²) >= 11 is 0. The van der Waals surface area contributed by atoms with Gasteiger partial charge in [-0.1, -0.05) is 12.1 Å². The van der Waals surface area contributed by atoms with E-state index in [4.69, 9.17) is 9.47 Å². The number of carbonyl (C=O) groups excluding carboxylic acids is 2. The van der Waals surface area contributed by atoms with E-state index in [9.17, 15) is 19.5 Å². The lowest BCUT2D eigenvalue weighted by atomic mass is 9.89. The third-order valence-corrected chi connectivity index (χ3v) is 3.63. The van der Waals surface area contributed by atoms with Gasteiger partial charge in [0.1, 0.15) is 5.41 Å². The Hall–Kier alpha value is -2.25. The molecule has 1 aromatic carbocycles. The highest BCUT2D eigenvalue weighted by molar-refractivity contribution is 6.21. The molecule has 0 saturated carbocycles. The zero-order chi connectivity index (χ0) is 16.3. The molecule has 0 aromatic heterocycles. The molecule has 2 amide bonds. The van der Waals surface area contributed by atoms with E-state index in [2.05, 4.69) is 0 Å². The molecule has 0 saturated heterocycles. The normalized spacial score (nSPS) is 14.4. The quantitative estimate of drug-likeness (QED) is 0.743. The molecule has 1 aliphatic heterocycles. The first-order valence-electron chi connectivity index (χ1n) is 6.63. The van der Waals surface area contributed by atoms with Gasteiger partial charge in [0.05, 0.1) is 24.3 Å². The third-order valence-electron chi connectivity index (χ3n) is 3.63. The molecular formula is C15H17NO6. The number of aliphatic carboxylic acids is 1. The number of methoxy groups -OCH3 is 2. The maximum absolute atomic E-state index is 12.3. The molecule has 1 N–H and O–H groups in total. The number of carbonyl (C=O) groups is 3. The highest BCUT2D eigenvalue weighted by Crippen LogP contribution is 2.28. The van der Waals surface area contributed by atoms with Gasteiger partial charge < -0.3 is 14.6 Å². The van der Waals surface area contributed by atoms with Gasteiger partial charge in [0.15, 0.2) is 0 Å². The number of imide groups is 1. The number of hydrogen-bond donors (Lipinski definition) is 1. The smallest absolute Gasteiger partial charge is 0.316 e. The van der Waals surface area contributed by atoms with E-state index in [1.54, 1.807) is 24.3 Å². The number of rotatable bonds is 7. The fraction of sp³-hybridized carbons (Fsp3) is 0.400. The molecule has 7 heteroatoms. The van der Waals surface area contributed by atoms with Crippen LogP contribution in [-0.2, 0) is 14.3 Å². The minimum absolute atomic E-state index is 0.177. The van der Waals surface area contributed by atoms with E-state index in [-0.39, 0.29) is 30.9 Å². The van der Waals surface area contributed by atoms with Gasteiger partial charge in [-0.25, -0.2) is 0 Å². The molecule has 0 atom stereocenters. The summed E-state index contributed by atoms with van der Waals surface area (Å²) in [7, 11) is 2.71. The van der Waals surface area contributed by atoms with Gasteiger partial charge >= 0.3 is 5.97 Å². The summed E-state index contributed by atoms with van der Waals surface area (Å²) in [5, 5.41) is 9.53. The molecule has 0 radical (unpaired) electrons. The van der Waals surface area contributed by atoms with Crippen molar-refractivity contribution in [3.8, 4) is 0 Å². The Bertz CT molecular complexity index is 571. The van der Waals surface area contributed by atoms with Crippen LogP contribution in [0.15, 0.2) is 24.3 Å². The van der Waals surface area contributed by atoms with Crippen molar-refractivity contribution < 1.29 is 29.0 Å². The zero-order valence-corrected chi connectivity index (χ0v) is 12.4. The highest BCUT2D eigenvalue weighted by atomic mass is 16.5. The molecule has 2 rings (SSSR count). The lowest BCUT2D eigenvalue weighted by Crippen LogP contribution is -2.50. The molecule has 0 aliphatic carbocycles. The van der Waals surface area contributed by atoms with Crippen LogP contribution in [0.5, 0.6) is 0 Å². The number of nitrogens with zero attached hydrogens (tertiary/aromatic N) is 1. The van der Waals surface area contributed by atoms with Crippen molar-refractivity contribution in [1.82, 2.24) is 4.90 Å². The molecule has 1 aliphatic rings. The van der Waals surface area contributed by atoms with Crippen molar-refractivity contribution in [2.24, 2.45) is 5.41 Å². The van der Waals surface area contributed by atoms with Crippen molar-refractivity contribution >= 4 is 17.8 Å². The first-order chi connectivity index (χ1) is 10.5. The highest BCUT2D eigenvalue weighted by Gasteiger charge is 2.46. The molecule has 0 spiro atoms. The maximum Gasteiger partial charge on any atom is 0.316 e. The number of ether oxygens (including phenoxy) is 2. The summed E-state index contributed by atoms with van der Waals surface area (Å²) in [6.45, 7) is -0.663. The van der Waals surface area contributed by atoms with Crippen molar-refractivity contribution in [1.29, 1.82) is 0 Å². The first kappa shape index (κ1) is 16.1. The van der Waals surface area contributed by atoms with Gasteiger partial charge in [0.2, 0.25) is 0 Å². The average molecular weight is 307 g/mol. The van der Waals surface area contributed by atoms with Crippen LogP contribution in [-0.4, -0.2) is 61.8 Å². The first-order valence-corrected chi connectivity index (χ1v) is 6.63. The number of fused-ring (bicyclic) bond motifs is 1. The van der Waals surface area contributed by atoms with Gasteiger partial charge in [-0.05, 0) is 12.1 Å². The number of carboxylic acid groups (broad SMARTS) is 1. The number of benzene rings is 1. The van der Waals surface area contributed by atoms with Crippen molar-refractivity contribution in [3.63, 3.8) is 0 Å². The predicted molar refractivity (Wildman–Crippen MR) is 75.6 cm³/mol. The lowest BCUT2D eigenvalue weighted by molar-refractivity contribution is -0.157. The minimum Gasteiger partial charge on any atom is -0.481 e. The third kappa shape index (κ3) is 2.60. The summed E-state index contributed by atoms with van der Waals surface area (Å²) in [5.41, 5.74) is -0.945. The predicted octanol–water partition coefficient (Wildman–Crippen LogP) is 0.646. The molecule has 22 heavy (non-hydrogen) atoms. The summed E-state index contributed by atoms with van der Waals surface area (Å²) < 4.78 is 9.94. The Balaban J connectivity index is 2.34. The van der Waals surface area contributed by atoms with Crippen LogP contribution in [0.2, 0.25) is 0 Å². The van der Waals surface area contributed by atoms with E-state index in [1.165, 1.54) is 14.2 Å². The SMILES string of the molecule is COCC(COC)(CN1C(=O)c2ccccc2C1=O)C(=O)O. The van der Waals surface area contributed by atoms with Crippen molar-refractivity contribution in [2.75, 3.05) is 34.0 Å². The zero-order valence-electron chi connectivity index (χ0n) is 12.4. The van der Waals surface area contributed by atoms with Crippen LogP contribution in [0, 0.1) is 5.41 Å². The fourth-order valence-electron chi connectivity index (χ4n) is 2.56. The van der Waals surface area contributed by atoms with E-state index in [0.717, 1.165) is 4.90 Å². The second-order valence-corrected chi connectivity index (χ2v) is 5.19. The van der Waals surface area contributed by atoms with Crippen LogP contribution in [0.1, 0.15) is 20.7 Å². The molecule has 7 nitrogen and oxygen atoms in total. The summed E-state index contributed by atoms with van der Waals surface area (Å²) in [4.78, 5) is 37.3. The van der Waals surface area contributed by atoms with E-state index in [1.807, 2.05) is 0 Å². The van der Waals surface area contributed by atoms with Gasteiger partial charge in [0.25, 0.3) is 11.8 Å². The average Bonchev–Trinajstić information content (AvgIpc) is 2.73. The van der Waals surface area contributed by atoms with E-state index >= 15 is 0 Å². The van der Waals surface area contributed by atoms with E-state index < -0.39 is 23.2 Å². The van der Waals surface area contributed by atoms with Gasteiger partial charge in [0, 0.05) is 20.8 Å². The molecule has 118 valence electrons. The van der Waals surface area contributed by atoms with Crippen molar-refractivity contribution in [3.05, 3.63) is 35.4 Å². The Morgan fingerprint density at radius 2 is 1.55 bits per heavy atom. The Morgan fingerprint density at radius 3 is 1.91 bits per heavy atom. The van der Waals surface area contributed by atoms with Crippen molar-refractivity contribution in [2.45, 2.75) is 0 Å². The second-order valence-electron chi connectivity index (χ2n) is 5.19. The molecule has 1 heterocycles. The van der Waals surface area contributed by atoms with Gasteiger partial charge in [-0.2, -0.15) is 0 Å². The number of hydrogen-bond acceptors (Lipinski definition) is 5. The Morgan fingerprint density at radius 1 is 1.09 bits per heavy atom. The maximum atomic E-state index is 12.3. The van der Waals surface area contributed by atoms with Crippen LogP contribution in [0.3, 0.4) is 0 Å². The number of carboxylic acids is 1. The summed E-state index contributed by atoms with van der Waals surface area (Å²) in [5.74, 6) is -2.19. The minimum atomic E-state index is -1.50. The molecule has 0 fully saturated rings. The molecule has 1 aromatic rings. The Kier molecular flexibility index (Phi) is 4.58. The largest absolute Gasteiger partial charge is 0.481 e. The number of amides is 2. The van der Waals surface area contributed by atoms with Crippen LogP contribution in [0.4, 0.5) is 0 Å². The summed E-state index contributed by atoms with van der Waals surface area (Å²) in [6.07, 6.45) is 0. The fourth-order valence-corrected chi connectivity index (χ4v) is 2.56.